The lowest BCUT2D eigenvalue weighted by atomic mass is 9.77. The lowest BCUT2D eigenvalue weighted by molar-refractivity contribution is -0.163. The highest BCUT2D eigenvalue weighted by atomic mass is 35.5. The Morgan fingerprint density at radius 2 is 1.63 bits per heavy atom. The van der Waals surface area contributed by atoms with Gasteiger partial charge < -0.3 is 25.5 Å². The van der Waals surface area contributed by atoms with E-state index in [1.165, 1.54) is 0 Å². The number of aliphatic hydroxyl groups is 1. The van der Waals surface area contributed by atoms with Crippen molar-refractivity contribution in [1.29, 1.82) is 0 Å². The molecule has 1 aliphatic carbocycles. The fraction of sp³-hybridized carbons (Fsp3) is 0.724. The van der Waals surface area contributed by atoms with Crippen LogP contribution < -0.4 is 10.6 Å². The van der Waals surface area contributed by atoms with Crippen molar-refractivity contribution in [3.63, 3.8) is 0 Å². The van der Waals surface area contributed by atoms with Gasteiger partial charge in [0.25, 0.3) is 0 Å². The molecule has 1 atom stereocenters. The number of piperidine rings is 1. The molecular formula is C29H48Cl2N4O3. The molecule has 0 aromatic heterocycles. The normalized spacial score (nSPS) is 22.8. The number of anilines is 1. The van der Waals surface area contributed by atoms with Gasteiger partial charge in [0.15, 0.2) is 0 Å². The van der Waals surface area contributed by atoms with E-state index in [1.54, 1.807) is 0 Å². The predicted octanol–water partition coefficient (Wildman–Crippen LogP) is 4.77. The van der Waals surface area contributed by atoms with Crippen LogP contribution in [0.1, 0.15) is 84.0 Å². The molecule has 38 heavy (non-hydrogen) atoms. The monoisotopic (exact) mass is 570 g/mol. The van der Waals surface area contributed by atoms with Crippen LogP contribution >= 0.6 is 24.8 Å². The summed E-state index contributed by atoms with van der Waals surface area (Å²) < 4.78 is 0. The van der Waals surface area contributed by atoms with Crippen LogP contribution in [0.25, 0.3) is 0 Å². The van der Waals surface area contributed by atoms with Crippen LogP contribution in [0.2, 0.25) is 0 Å². The third kappa shape index (κ3) is 8.00. The quantitative estimate of drug-likeness (QED) is 0.334. The van der Waals surface area contributed by atoms with Gasteiger partial charge in [-0.15, -0.1) is 24.8 Å². The minimum absolute atomic E-state index is 0. The number of hydrogen-bond donors (Lipinski definition) is 3. The standard InChI is InChI=1S/C29H46N4O3.2ClH/c1-2-3-20-33-26(34)25(23-28(36)14-8-5-9-15-28)31-27(35)29(33)16-21-32(22-17-29)19-11-10-18-30-24-12-6-4-7-13-24;;/h4,6-7,12-13,25,30,36H,2-3,5,8-11,14-23H2,1H3,(H,31,35);2*1H/t25-;;/m1../s1. The van der Waals surface area contributed by atoms with Gasteiger partial charge in [-0.05, 0) is 63.6 Å². The Balaban J connectivity index is 0.00000253. The molecule has 0 bridgehead atoms. The molecule has 2 amide bonds. The molecule has 3 aliphatic rings. The van der Waals surface area contributed by atoms with Gasteiger partial charge in [-0.1, -0.05) is 50.8 Å². The van der Waals surface area contributed by atoms with Crippen LogP contribution in [0.5, 0.6) is 0 Å². The van der Waals surface area contributed by atoms with E-state index in [0.717, 1.165) is 89.7 Å². The summed E-state index contributed by atoms with van der Waals surface area (Å²) in [5, 5.41) is 17.6. The van der Waals surface area contributed by atoms with Crippen molar-refractivity contribution < 1.29 is 14.7 Å². The predicted molar refractivity (Wildman–Crippen MR) is 158 cm³/mol. The van der Waals surface area contributed by atoms with E-state index < -0.39 is 17.2 Å². The maximum absolute atomic E-state index is 13.7. The molecule has 2 heterocycles. The number of nitrogens with one attached hydrogen (secondary N) is 2. The Morgan fingerprint density at radius 1 is 0.947 bits per heavy atom. The number of likely N-dealkylation sites (tertiary alicyclic amines) is 1. The third-order valence-corrected chi connectivity index (χ3v) is 8.60. The Labute approximate surface area is 241 Å². The maximum Gasteiger partial charge on any atom is 0.246 e. The van der Waals surface area contributed by atoms with E-state index in [2.05, 4.69) is 34.6 Å². The van der Waals surface area contributed by atoms with E-state index in [9.17, 15) is 14.7 Å². The number of nitrogens with zero attached hydrogens (tertiary/aromatic N) is 2. The van der Waals surface area contributed by atoms with E-state index >= 15 is 0 Å². The van der Waals surface area contributed by atoms with Crippen molar-refractivity contribution in [1.82, 2.24) is 15.1 Å². The minimum Gasteiger partial charge on any atom is -0.390 e. The molecule has 1 aromatic rings. The van der Waals surface area contributed by atoms with Gasteiger partial charge in [-0.2, -0.15) is 0 Å². The summed E-state index contributed by atoms with van der Waals surface area (Å²) in [5.74, 6) is 0.0109. The Morgan fingerprint density at radius 3 is 2.29 bits per heavy atom. The third-order valence-electron chi connectivity index (χ3n) is 8.60. The number of carbonyl (C=O) groups excluding carboxylic acids is 2. The number of benzene rings is 1. The zero-order valence-electron chi connectivity index (χ0n) is 23.0. The number of halogens is 2. The van der Waals surface area contributed by atoms with Gasteiger partial charge in [0.1, 0.15) is 11.6 Å². The summed E-state index contributed by atoms with van der Waals surface area (Å²) >= 11 is 0. The SMILES string of the molecule is CCCCN1C(=O)[C@@H](CC2(O)CCCCC2)NC(=O)C12CCN(CCCCNc1ccccc1)CC2.Cl.Cl. The first-order valence-corrected chi connectivity index (χ1v) is 14.3. The first kappa shape index (κ1) is 32.7. The van der Waals surface area contributed by atoms with Gasteiger partial charge in [-0.3, -0.25) is 9.59 Å². The first-order chi connectivity index (χ1) is 17.5. The number of unbranched alkanes of at least 4 members (excludes halogenated alkanes) is 2. The Hall–Kier alpha value is -1.54. The van der Waals surface area contributed by atoms with Crippen LogP contribution in [0, 0.1) is 0 Å². The van der Waals surface area contributed by atoms with Gasteiger partial charge in [0.05, 0.1) is 5.60 Å². The molecule has 216 valence electrons. The number of para-hydroxylation sites is 1. The molecular weight excluding hydrogens is 523 g/mol. The van der Waals surface area contributed by atoms with Gasteiger partial charge in [0, 0.05) is 38.3 Å². The average Bonchev–Trinajstić information content (AvgIpc) is 2.89. The van der Waals surface area contributed by atoms with Crippen LogP contribution in [0.4, 0.5) is 5.69 Å². The molecule has 2 aliphatic heterocycles. The highest BCUT2D eigenvalue weighted by Gasteiger charge is 2.54. The lowest BCUT2D eigenvalue weighted by Crippen LogP contribution is -2.73. The highest BCUT2D eigenvalue weighted by molar-refractivity contribution is 6.00. The number of rotatable bonds is 11. The van der Waals surface area contributed by atoms with Crippen molar-refractivity contribution in [3.05, 3.63) is 30.3 Å². The number of hydrogen-bond acceptors (Lipinski definition) is 5. The van der Waals surface area contributed by atoms with E-state index in [0.29, 0.717) is 25.8 Å². The molecule has 0 unspecified atom stereocenters. The van der Waals surface area contributed by atoms with Gasteiger partial charge in [0.2, 0.25) is 11.8 Å². The minimum atomic E-state index is -0.828. The lowest BCUT2D eigenvalue weighted by Gasteiger charge is -2.52. The largest absolute Gasteiger partial charge is 0.390 e. The number of amides is 2. The summed E-state index contributed by atoms with van der Waals surface area (Å²) in [4.78, 5) is 31.6. The van der Waals surface area contributed by atoms with Crippen molar-refractivity contribution in [3.8, 4) is 0 Å². The van der Waals surface area contributed by atoms with Crippen molar-refractivity contribution in [2.75, 3.05) is 38.0 Å². The molecule has 1 saturated carbocycles. The van der Waals surface area contributed by atoms with Gasteiger partial charge >= 0.3 is 0 Å². The Kier molecular flexibility index (Phi) is 13.2. The molecule has 7 nitrogen and oxygen atoms in total. The van der Waals surface area contributed by atoms with Crippen LogP contribution in [0.3, 0.4) is 0 Å². The number of piperazine rings is 1. The summed E-state index contributed by atoms with van der Waals surface area (Å²) in [7, 11) is 0. The second-order valence-electron chi connectivity index (χ2n) is 11.2. The zero-order chi connectivity index (χ0) is 25.4. The van der Waals surface area contributed by atoms with Crippen molar-refractivity contribution in [2.24, 2.45) is 0 Å². The molecule has 0 radical (unpaired) electrons. The molecule has 2 saturated heterocycles. The zero-order valence-corrected chi connectivity index (χ0v) is 24.6. The second-order valence-corrected chi connectivity index (χ2v) is 11.2. The molecule has 3 N–H and O–H groups in total. The summed E-state index contributed by atoms with van der Waals surface area (Å²) in [6.07, 6.45) is 10.4. The van der Waals surface area contributed by atoms with E-state index in [-0.39, 0.29) is 36.6 Å². The van der Waals surface area contributed by atoms with Crippen LogP contribution in [-0.2, 0) is 9.59 Å². The number of carbonyl (C=O) groups is 2. The van der Waals surface area contributed by atoms with Crippen LogP contribution in [-0.4, -0.2) is 76.6 Å². The molecule has 9 heteroatoms. The second kappa shape index (κ2) is 15.3. The van der Waals surface area contributed by atoms with E-state index in [1.807, 2.05) is 23.1 Å². The van der Waals surface area contributed by atoms with Crippen molar-refractivity contribution >= 4 is 42.3 Å². The molecule has 1 spiro atoms. The smallest absolute Gasteiger partial charge is 0.246 e. The topological polar surface area (TPSA) is 84.9 Å². The van der Waals surface area contributed by atoms with Gasteiger partial charge in [-0.25, -0.2) is 0 Å². The fourth-order valence-electron chi connectivity index (χ4n) is 6.34. The van der Waals surface area contributed by atoms with Crippen molar-refractivity contribution in [2.45, 2.75) is 101 Å². The summed E-state index contributed by atoms with van der Waals surface area (Å²) in [6, 6.07) is 9.69. The summed E-state index contributed by atoms with van der Waals surface area (Å²) in [5.41, 5.74) is -0.402. The maximum atomic E-state index is 13.7. The first-order valence-electron chi connectivity index (χ1n) is 14.3. The molecule has 4 rings (SSSR count). The Bertz CT molecular complexity index is 859. The van der Waals surface area contributed by atoms with E-state index in [4.69, 9.17) is 0 Å². The average molecular weight is 572 g/mol. The van der Waals surface area contributed by atoms with Crippen LogP contribution in [0.15, 0.2) is 30.3 Å². The highest BCUT2D eigenvalue weighted by Crippen LogP contribution is 2.37. The molecule has 1 aromatic carbocycles. The fourth-order valence-corrected chi connectivity index (χ4v) is 6.34. The summed E-state index contributed by atoms with van der Waals surface area (Å²) in [6.45, 7) is 6.40. The molecule has 3 fully saturated rings.